The van der Waals surface area contributed by atoms with E-state index in [9.17, 15) is 0 Å². The van der Waals surface area contributed by atoms with E-state index in [1.54, 1.807) is 6.08 Å². The third-order valence-corrected chi connectivity index (χ3v) is 0.536. The summed E-state index contributed by atoms with van der Waals surface area (Å²) in [5.74, 6) is 0. The third kappa shape index (κ3) is 18.9. The van der Waals surface area contributed by atoms with Gasteiger partial charge in [0, 0.05) is 0 Å². The summed E-state index contributed by atoms with van der Waals surface area (Å²) in [6.45, 7) is 9.31. The predicted octanol–water partition coefficient (Wildman–Crippen LogP) is 1.35. The number of ether oxygens (including phenoxy) is 2. The summed E-state index contributed by atoms with van der Waals surface area (Å²) in [4.78, 5) is 0. The maximum absolute atomic E-state index is 4.63. The summed E-state index contributed by atoms with van der Waals surface area (Å²) in [5.41, 5.74) is 0. The first-order chi connectivity index (χ1) is 4.41. The van der Waals surface area contributed by atoms with Crippen molar-refractivity contribution in [1.29, 1.82) is 0 Å². The largest absolute Gasteiger partial charge is 0.498 e. The van der Waals surface area contributed by atoms with E-state index < -0.39 is 0 Å². The zero-order valence-corrected chi connectivity index (χ0v) is 5.51. The first kappa shape index (κ1) is 8.24. The van der Waals surface area contributed by atoms with Gasteiger partial charge in [0.2, 0.25) is 0 Å². The van der Waals surface area contributed by atoms with Gasteiger partial charge in [-0.2, -0.15) is 0 Å². The smallest absolute Gasteiger partial charge is 0.105 e. The van der Waals surface area contributed by atoms with Crippen LogP contribution < -0.4 is 0 Å². The van der Waals surface area contributed by atoms with Crippen molar-refractivity contribution in [2.75, 3.05) is 19.8 Å². The Balaban J connectivity index is 0.000000173. The second-order valence-electron chi connectivity index (χ2n) is 1.40. The van der Waals surface area contributed by atoms with Crippen molar-refractivity contribution < 1.29 is 9.47 Å². The van der Waals surface area contributed by atoms with Crippen molar-refractivity contribution in [1.82, 2.24) is 0 Å². The molecule has 9 heavy (non-hydrogen) atoms. The van der Waals surface area contributed by atoms with E-state index in [2.05, 4.69) is 22.6 Å². The van der Waals surface area contributed by atoms with Crippen molar-refractivity contribution in [2.45, 2.75) is 0 Å². The number of rotatable bonds is 3. The molecule has 0 aliphatic carbocycles. The third-order valence-electron chi connectivity index (χ3n) is 0.536. The van der Waals surface area contributed by atoms with Crippen LogP contribution in [0.25, 0.3) is 0 Å². The van der Waals surface area contributed by atoms with Gasteiger partial charge in [-0.1, -0.05) is 19.2 Å². The first-order valence-electron chi connectivity index (χ1n) is 2.83. The molecule has 1 aliphatic heterocycles. The lowest BCUT2D eigenvalue weighted by Gasteiger charge is -1.86. The maximum Gasteiger partial charge on any atom is 0.105 e. The fourth-order valence-electron chi connectivity index (χ4n) is 0.136. The van der Waals surface area contributed by atoms with Crippen LogP contribution in [0.15, 0.2) is 25.5 Å². The average molecular weight is 128 g/mol. The van der Waals surface area contributed by atoms with Crippen molar-refractivity contribution in [3.63, 3.8) is 0 Å². The van der Waals surface area contributed by atoms with Crippen LogP contribution in [0.2, 0.25) is 0 Å². The molecule has 0 radical (unpaired) electrons. The minimum absolute atomic E-state index is 0.559. The lowest BCUT2D eigenvalue weighted by atomic mass is 10.7. The van der Waals surface area contributed by atoms with Gasteiger partial charge in [-0.25, -0.2) is 0 Å². The molecular formula is C7H12O2. The van der Waals surface area contributed by atoms with Crippen LogP contribution in [0.5, 0.6) is 0 Å². The second kappa shape index (κ2) is 7.24. The molecule has 1 saturated heterocycles. The summed E-state index contributed by atoms with van der Waals surface area (Å²) >= 11 is 0. The number of hydrogen-bond donors (Lipinski definition) is 0. The molecule has 0 aromatic heterocycles. The normalized spacial score (nSPS) is 12.4. The zero-order chi connectivity index (χ0) is 6.95. The molecule has 0 aromatic rings. The number of hydrogen-bond acceptors (Lipinski definition) is 2. The van der Waals surface area contributed by atoms with Crippen molar-refractivity contribution in [2.24, 2.45) is 0 Å². The molecule has 0 amide bonds. The summed E-state index contributed by atoms with van der Waals surface area (Å²) < 4.78 is 9.13. The van der Waals surface area contributed by atoms with Crippen LogP contribution in [0, 0.1) is 0 Å². The molecule has 1 rings (SSSR count). The summed E-state index contributed by atoms with van der Waals surface area (Å²) in [7, 11) is 0. The van der Waals surface area contributed by atoms with Crippen LogP contribution in [0.3, 0.4) is 0 Å². The summed E-state index contributed by atoms with van der Waals surface area (Å²) in [6, 6.07) is 0. The lowest BCUT2D eigenvalue weighted by molar-refractivity contribution is 0.291. The molecular weight excluding hydrogens is 116 g/mol. The molecule has 0 unspecified atom stereocenters. The number of epoxide rings is 1. The lowest BCUT2D eigenvalue weighted by Crippen LogP contribution is -1.75. The monoisotopic (exact) mass is 128 g/mol. The van der Waals surface area contributed by atoms with Gasteiger partial charge in [0.05, 0.1) is 19.5 Å². The zero-order valence-electron chi connectivity index (χ0n) is 5.51. The Morgan fingerprint density at radius 2 is 2.00 bits per heavy atom. The SMILES string of the molecule is C1CO1.C=CCOC=C. The van der Waals surface area contributed by atoms with Crippen LogP contribution in [0.4, 0.5) is 0 Å². The Bertz CT molecular complexity index is 66.2. The molecule has 0 bridgehead atoms. The Kier molecular flexibility index (Phi) is 6.63. The molecule has 52 valence electrons. The van der Waals surface area contributed by atoms with Crippen LogP contribution in [-0.2, 0) is 9.47 Å². The van der Waals surface area contributed by atoms with Crippen LogP contribution in [-0.4, -0.2) is 19.8 Å². The molecule has 1 fully saturated rings. The fraction of sp³-hybridized carbons (Fsp3) is 0.429. The van der Waals surface area contributed by atoms with E-state index in [-0.39, 0.29) is 0 Å². The Labute approximate surface area is 55.8 Å². The minimum atomic E-state index is 0.559. The highest BCUT2D eigenvalue weighted by atomic mass is 16.6. The molecule has 2 nitrogen and oxygen atoms in total. The Morgan fingerprint density at radius 1 is 1.44 bits per heavy atom. The first-order valence-corrected chi connectivity index (χ1v) is 2.83. The van der Waals surface area contributed by atoms with Gasteiger partial charge in [0.15, 0.2) is 0 Å². The van der Waals surface area contributed by atoms with Gasteiger partial charge >= 0.3 is 0 Å². The molecule has 0 N–H and O–H groups in total. The molecule has 0 aromatic carbocycles. The van der Waals surface area contributed by atoms with Gasteiger partial charge in [-0.15, -0.1) is 0 Å². The maximum atomic E-state index is 4.63. The topological polar surface area (TPSA) is 21.8 Å². The van der Waals surface area contributed by atoms with Crippen LogP contribution in [0.1, 0.15) is 0 Å². The van der Waals surface area contributed by atoms with Crippen LogP contribution >= 0.6 is 0 Å². The van der Waals surface area contributed by atoms with Crippen molar-refractivity contribution >= 4 is 0 Å². The molecule has 0 spiro atoms. The molecule has 2 heteroatoms. The van der Waals surface area contributed by atoms with E-state index in [1.807, 2.05) is 0 Å². The highest BCUT2D eigenvalue weighted by molar-refractivity contribution is 4.65. The van der Waals surface area contributed by atoms with E-state index in [1.165, 1.54) is 6.26 Å². The Morgan fingerprint density at radius 3 is 2.11 bits per heavy atom. The summed E-state index contributed by atoms with van der Waals surface area (Å²) in [6.07, 6.45) is 3.06. The highest BCUT2D eigenvalue weighted by Gasteiger charge is 1.94. The standard InChI is InChI=1S/C5H8O.C2H4O/c1-3-5-6-4-2;1-2-3-1/h3-4H,1-2,5H2;1-2H2. The second-order valence-corrected chi connectivity index (χ2v) is 1.40. The van der Waals surface area contributed by atoms with E-state index in [0.717, 1.165) is 13.2 Å². The van der Waals surface area contributed by atoms with Gasteiger partial charge in [0.25, 0.3) is 0 Å². The van der Waals surface area contributed by atoms with Gasteiger partial charge < -0.3 is 9.47 Å². The molecule has 1 aliphatic rings. The molecule has 0 saturated carbocycles. The summed E-state index contributed by atoms with van der Waals surface area (Å²) in [5, 5.41) is 0. The van der Waals surface area contributed by atoms with E-state index in [0.29, 0.717) is 6.61 Å². The quantitative estimate of drug-likeness (QED) is 0.248. The van der Waals surface area contributed by atoms with Gasteiger partial charge in [-0.05, 0) is 0 Å². The van der Waals surface area contributed by atoms with Gasteiger partial charge in [-0.3, -0.25) is 0 Å². The minimum Gasteiger partial charge on any atom is -0.498 e. The van der Waals surface area contributed by atoms with Gasteiger partial charge in [0.1, 0.15) is 6.61 Å². The predicted molar refractivity (Wildman–Crippen MR) is 37.2 cm³/mol. The van der Waals surface area contributed by atoms with E-state index >= 15 is 0 Å². The highest BCUT2D eigenvalue weighted by Crippen LogP contribution is 1.84. The van der Waals surface area contributed by atoms with Crippen molar-refractivity contribution in [3.05, 3.63) is 25.5 Å². The fourth-order valence-corrected chi connectivity index (χ4v) is 0.136. The molecule has 1 heterocycles. The van der Waals surface area contributed by atoms with Crippen molar-refractivity contribution in [3.8, 4) is 0 Å². The van der Waals surface area contributed by atoms with E-state index in [4.69, 9.17) is 0 Å². The average Bonchev–Trinajstić information content (AvgIpc) is 2.67. The Hall–Kier alpha value is -0.760. The molecule has 0 atom stereocenters.